The number of rotatable bonds is 2. The fourth-order valence-electron chi connectivity index (χ4n) is 0.944. The average molecular weight is 164 g/mol. The van der Waals surface area contributed by atoms with Gasteiger partial charge in [-0.2, -0.15) is 5.26 Å². The van der Waals surface area contributed by atoms with Crippen LogP contribution in [0, 0.1) is 21.4 Å². The van der Waals surface area contributed by atoms with E-state index in [-0.39, 0.29) is 23.3 Å². The van der Waals surface area contributed by atoms with Gasteiger partial charge in [0.05, 0.1) is 11.3 Å². The number of carbonyl (C=O) groups is 1. The van der Waals surface area contributed by atoms with Crippen LogP contribution >= 0.6 is 0 Å². The maximum Gasteiger partial charge on any atom is 0.268 e. The Bertz CT molecular complexity index is 346. The number of carbonyl (C=O) groups excluding carboxylic acids is 1. The largest absolute Gasteiger partial charge is 0.298 e. The third-order valence-electron chi connectivity index (χ3n) is 1.50. The summed E-state index contributed by atoms with van der Waals surface area (Å²) < 4.78 is 0. The molecule has 0 spiro atoms. The van der Waals surface area contributed by atoms with Gasteiger partial charge in [-0.1, -0.05) is 0 Å². The summed E-state index contributed by atoms with van der Waals surface area (Å²) in [6, 6.07) is 1.66. The van der Waals surface area contributed by atoms with E-state index in [1.54, 1.807) is 6.07 Å². The lowest BCUT2D eigenvalue weighted by molar-refractivity contribution is -0.427. The zero-order chi connectivity index (χ0) is 9.14. The van der Waals surface area contributed by atoms with Gasteiger partial charge in [0.25, 0.3) is 5.70 Å². The monoisotopic (exact) mass is 164 g/mol. The zero-order valence-electron chi connectivity index (χ0n) is 5.98. The Morgan fingerprint density at radius 2 is 2.42 bits per heavy atom. The number of allylic oxidation sites excluding steroid dienone is 3. The molecule has 0 saturated carbocycles. The minimum atomic E-state index is -0.633. The summed E-state index contributed by atoms with van der Waals surface area (Å²) in [7, 11) is 0. The van der Waals surface area contributed by atoms with Crippen molar-refractivity contribution in [2.75, 3.05) is 0 Å². The van der Waals surface area contributed by atoms with Crippen LogP contribution in [0.1, 0.15) is 6.42 Å². The maximum atomic E-state index is 10.3. The van der Waals surface area contributed by atoms with E-state index in [4.69, 9.17) is 5.26 Å². The molecule has 12 heavy (non-hydrogen) atoms. The van der Waals surface area contributed by atoms with Crippen LogP contribution in [-0.2, 0) is 4.79 Å². The quantitative estimate of drug-likeness (QED) is 0.339. The molecule has 1 rings (SSSR count). The second-order valence-corrected chi connectivity index (χ2v) is 2.24. The smallest absolute Gasteiger partial charge is 0.268 e. The lowest BCUT2D eigenvalue weighted by atomic mass is 10.2. The standard InChI is InChI=1S/C7H4N2O3/c8-3-6-1-5(4-10)2-7(6)9(11)12/h1,4H,2H2. The summed E-state index contributed by atoms with van der Waals surface area (Å²) >= 11 is 0. The minimum absolute atomic E-state index is 0.0258. The minimum Gasteiger partial charge on any atom is -0.298 e. The molecule has 5 heteroatoms. The van der Waals surface area contributed by atoms with Crippen LogP contribution in [0.4, 0.5) is 0 Å². The number of hydrogen-bond donors (Lipinski definition) is 0. The van der Waals surface area contributed by atoms with Crippen LogP contribution < -0.4 is 0 Å². The second kappa shape index (κ2) is 2.96. The lowest BCUT2D eigenvalue weighted by Crippen LogP contribution is -1.98. The Morgan fingerprint density at radius 3 is 2.75 bits per heavy atom. The molecular weight excluding hydrogens is 160 g/mol. The Morgan fingerprint density at radius 1 is 1.75 bits per heavy atom. The molecule has 0 unspecified atom stereocenters. The van der Waals surface area contributed by atoms with E-state index in [0.29, 0.717) is 6.29 Å². The number of hydrogen-bond acceptors (Lipinski definition) is 4. The summed E-state index contributed by atoms with van der Waals surface area (Å²) in [4.78, 5) is 19.9. The highest BCUT2D eigenvalue weighted by molar-refractivity contribution is 5.77. The second-order valence-electron chi connectivity index (χ2n) is 2.24. The Kier molecular flexibility index (Phi) is 2.01. The van der Waals surface area contributed by atoms with Crippen molar-refractivity contribution in [2.24, 2.45) is 0 Å². The first-order valence-corrected chi connectivity index (χ1v) is 3.12. The lowest BCUT2D eigenvalue weighted by Gasteiger charge is -1.89. The van der Waals surface area contributed by atoms with E-state index in [1.165, 1.54) is 6.08 Å². The van der Waals surface area contributed by atoms with Crippen LogP contribution in [0.15, 0.2) is 22.9 Å². The van der Waals surface area contributed by atoms with E-state index in [9.17, 15) is 14.9 Å². The molecule has 1 aliphatic rings. The number of nitrogens with zero attached hydrogens (tertiary/aromatic N) is 2. The topological polar surface area (TPSA) is 84.0 Å². The Labute approximate surface area is 67.8 Å². The van der Waals surface area contributed by atoms with E-state index in [2.05, 4.69) is 0 Å². The van der Waals surface area contributed by atoms with Crippen LogP contribution in [0.3, 0.4) is 0 Å². The van der Waals surface area contributed by atoms with Crippen molar-refractivity contribution in [3.63, 3.8) is 0 Å². The van der Waals surface area contributed by atoms with Crippen molar-refractivity contribution in [1.29, 1.82) is 5.26 Å². The molecule has 0 amide bonds. The SMILES string of the molecule is N#CC1=C([N+](=O)[O-])CC(C=O)=C1. The van der Waals surface area contributed by atoms with Gasteiger partial charge < -0.3 is 0 Å². The first kappa shape index (κ1) is 8.14. The molecule has 0 aromatic heterocycles. The Hall–Kier alpha value is -1.96. The third-order valence-corrected chi connectivity index (χ3v) is 1.50. The van der Waals surface area contributed by atoms with Crippen molar-refractivity contribution in [3.05, 3.63) is 33.0 Å². The van der Waals surface area contributed by atoms with Gasteiger partial charge in [0, 0.05) is 5.57 Å². The van der Waals surface area contributed by atoms with Gasteiger partial charge in [0.2, 0.25) is 0 Å². The van der Waals surface area contributed by atoms with Crippen molar-refractivity contribution in [2.45, 2.75) is 6.42 Å². The average Bonchev–Trinajstić information content (AvgIpc) is 2.47. The molecule has 0 fully saturated rings. The van der Waals surface area contributed by atoms with Gasteiger partial charge in [-0.15, -0.1) is 0 Å². The molecule has 0 aromatic carbocycles. The highest BCUT2D eigenvalue weighted by atomic mass is 16.6. The van der Waals surface area contributed by atoms with Crippen LogP contribution in [0.2, 0.25) is 0 Å². The van der Waals surface area contributed by atoms with Gasteiger partial charge in [0.15, 0.2) is 0 Å². The molecule has 0 atom stereocenters. The van der Waals surface area contributed by atoms with Gasteiger partial charge in [-0.25, -0.2) is 0 Å². The van der Waals surface area contributed by atoms with Crippen LogP contribution in [-0.4, -0.2) is 11.2 Å². The zero-order valence-corrected chi connectivity index (χ0v) is 5.98. The molecule has 0 N–H and O–H groups in total. The molecule has 0 aromatic rings. The van der Waals surface area contributed by atoms with E-state index < -0.39 is 4.92 Å². The summed E-state index contributed by atoms with van der Waals surface area (Å²) in [6.45, 7) is 0. The van der Waals surface area contributed by atoms with Crippen molar-refractivity contribution in [1.82, 2.24) is 0 Å². The first-order chi connectivity index (χ1) is 5.69. The third kappa shape index (κ3) is 1.22. The predicted octanol–water partition coefficient (Wildman–Crippen LogP) is 0.570. The summed E-state index contributed by atoms with van der Waals surface area (Å²) in [5.41, 5.74) is 0.0555. The molecule has 0 radical (unpaired) electrons. The predicted molar refractivity (Wildman–Crippen MR) is 38.4 cm³/mol. The molecule has 0 bridgehead atoms. The molecule has 1 aliphatic carbocycles. The molecular formula is C7H4N2O3. The van der Waals surface area contributed by atoms with Gasteiger partial charge in [-0.3, -0.25) is 14.9 Å². The van der Waals surface area contributed by atoms with Crippen LogP contribution in [0.25, 0.3) is 0 Å². The van der Waals surface area contributed by atoms with E-state index in [1.807, 2.05) is 0 Å². The Balaban J connectivity index is 3.02. The first-order valence-electron chi connectivity index (χ1n) is 3.12. The van der Waals surface area contributed by atoms with Gasteiger partial charge in [0.1, 0.15) is 17.9 Å². The molecule has 5 nitrogen and oxygen atoms in total. The summed E-state index contributed by atoms with van der Waals surface area (Å²) in [5, 5.41) is 18.7. The highest BCUT2D eigenvalue weighted by Crippen LogP contribution is 2.23. The fourth-order valence-corrected chi connectivity index (χ4v) is 0.944. The summed E-state index contributed by atoms with van der Waals surface area (Å²) in [6.07, 6.45) is 1.72. The van der Waals surface area contributed by atoms with E-state index in [0.717, 1.165) is 0 Å². The number of nitro groups is 1. The highest BCUT2D eigenvalue weighted by Gasteiger charge is 2.24. The van der Waals surface area contributed by atoms with E-state index >= 15 is 0 Å². The van der Waals surface area contributed by atoms with Crippen molar-refractivity contribution in [3.8, 4) is 6.07 Å². The normalized spacial score (nSPS) is 15.4. The number of aldehydes is 1. The maximum absolute atomic E-state index is 10.3. The number of nitriles is 1. The molecule has 0 aliphatic heterocycles. The molecule has 0 saturated heterocycles. The molecule has 60 valence electrons. The van der Waals surface area contributed by atoms with Gasteiger partial charge in [-0.05, 0) is 6.08 Å². The van der Waals surface area contributed by atoms with Crippen LogP contribution in [0.5, 0.6) is 0 Å². The van der Waals surface area contributed by atoms with Gasteiger partial charge >= 0.3 is 0 Å². The molecule has 0 heterocycles. The fraction of sp³-hybridized carbons (Fsp3) is 0.143. The van der Waals surface area contributed by atoms with Crippen molar-refractivity contribution >= 4 is 6.29 Å². The van der Waals surface area contributed by atoms with Crippen molar-refractivity contribution < 1.29 is 9.72 Å². The summed E-state index contributed by atoms with van der Waals surface area (Å²) in [5.74, 6) is 0.